The van der Waals surface area contributed by atoms with Crippen LogP contribution in [0, 0.1) is 0 Å². The van der Waals surface area contributed by atoms with E-state index < -0.39 is 23.0 Å². The average Bonchev–Trinajstić information content (AvgIpc) is 2.42. The minimum atomic E-state index is -2.33. The van der Waals surface area contributed by atoms with Crippen LogP contribution in [-0.4, -0.2) is 33.6 Å². The van der Waals surface area contributed by atoms with E-state index in [9.17, 15) is 13.6 Å². The van der Waals surface area contributed by atoms with Crippen LogP contribution in [0.1, 0.15) is 33.6 Å². The Morgan fingerprint density at radius 1 is 1.22 bits per heavy atom. The third kappa shape index (κ3) is 9.75. The highest BCUT2D eigenvalue weighted by Gasteiger charge is 2.15. The van der Waals surface area contributed by atoms with E-state index in [1.807, 2.05) is 20.8 Å². The number of ether oxygens (including phenoxy) is 2. The molecule has 0 aliphatic carbocycles. The summed E-state index contributed by atoms with van der Waals surface area (Å²) < 4.78 is 33.8. The second kappa shape index (κ2) is 9.36. The summed E-state index contributed by atoms with van der Waals surface area (Å²) in [6.07, 6.45) is 1.13. The Bertz CT molecular complexity index is 514. The van der Waals surface area contributed by atoms with Crippen molar-refractivity contribution in [1.82, 2.24) is 5.32 Å². The SMILES string of the molecule is CC(C)(C)OC(=O)NCCCCOc1ccc(NS(=O)[O-])cc1. The van der Waals surface area contributed by atoms with Crippen LogP contribution in [0.25, 0.3) is 0 Å². The van der Waals surface area contributed by atoms with Crippen LogP contribution in [0.2, 0.25) is 0 Å². The van der Waals surface area contributed by atoms with Gasteiger partial charge in [-0.1, -0.05) is 0 Å². The Morgan fingerprint density at radius 3 is 2.43 bits per heavy atom. The zero-order chi connectivity index (χ0) is 17.3. The minimum Gasteiger partial charge on any atom is -0.755 e. The van der Waals surface area contributed by atoms with Gasteiger partial charge in [0.2, 0.25) is 0 Å². The van der Waals surface area contributed by atoms with Crippen LogP contribution in [0.3, 0.4) is 0 Å². The zero-order valence-electron chi connectivity index (χ0n) is 13.6. The topological polar surface area (TPSA) is 99.7 Å². The monoisotopic (exact) mass is 343 g/mol. The van der Waals surface area contributed by atoms with E-state index in [0.29, 0.717) is 24.6 Å². The maximum atomic E-state index is 11.4. The van der Waals surface area contributed by atoms with E-state index in [0.717, 1.165) is 12.8 Å². The van der Waals surface area contributed by atoms with Gasteiger partial charge in [-0.3, -0.25) is 4.21 Å². The van der Waals surface area contributed by atoms with Crippen LogP contribution in [0.5, 0.6) is 5.75 Å². The van der Waals surface area contributed by atoms with Crippen molar-refractivity contribution in [1.29, 1.82) is 0 Å². The molecule has 0 heterocycles. The van der Waals surface area contributed by atoms with E-state index in [2.05, 4.69) is 10.0 Å². The molecule has 2 N–H and O–H groups in total. The molecule has 0 aliphatic rings. The maximum Gasteiger partial charge on any atom is 0.407 e. The van der Waals surface area contributed by atoms with Crippen LogP contribution in [0.15, 0.2) is 24.3 Å². The molecule has 0 fully saturated rings. The first-order valence-corrected chi connectivity index (χ1v) is 8.39. The number of rotatable bonds is 8. The van der Waals surface area contributed by atoms with E-state index in [-0.39, 0.29) is 0 Å². The number of anilines is 1. The molecule has 0 saturated heterocycles. The lowest BCUT2D eigenvalue weighted by molar-refractivity contribution is 0.0526. The molecule has 23 heavy (non-hydrogen) atoms. The molecular weight excluding hydrogens is 320 g/mol. The van der Waals surface area contributed by atoms with Crippen molar-refractivity contribution in [3.05, 3.63) is 24.3 Å². The van der Waals surface area contributed by atoms with Gasteiger partial charge < -0.3 is 24.1 Å². The molecule has 0 spiro atoms. The fourth-order valence-electron chi connectivity index (χ4n) is 1.64. The van der Waals surface area contributed by atoms with Gasteiger partial charge in [-0.15, -0.1) is 0 Å². The highest BCUT2D eigenvalue weighted by molar-refractivity contribution is 7.80. The quantitative estimate of drug-likeness (QED) is 0.558. The lowest BCUT2D eigenvalue weighted by Gasteiger charge is -2.19. The van der Waals surface area contributed by atoms with Gasteiger partial charge in [-0.2, -0.15) is 0 Å². The first kappa shape index (κ1) is 19.2. The Kier molecular flexibility index (Phi) is 7.84. The van der Waals surface area contributed by atoms with E-state index >= 15 is 0 Å². The van der Waals surface area contributed by atoms with Crippen LogP contribution < -0.4 is 14.8 Å². The predicted octanol–water partition coefficient (Wildman–Crippen LogP) is 2.58. The molecule has 130 valence electrons. The molecule has 7 nitrogen and oxygen atoms in total. The van der Waals surface area contributed by atoms with Gasteiger partial charge in [-0.05, 0) is 57.9 Å². The summed E-state index contributed by atoms with van der Waals surface area (Å²) >= 11 is -2.33. The minimum absolute atomic E-state index is 0.419. The molecule has 0 aliphatic heterocycles. The number of alkyl carbamates (subject to hydrolysis) is 1. The second-order valence-electron chi connectivity index (χ2n) is 5.85. The number of carbonyl (C=O) groups excluding carboxylic acids is 1. The fraction of sp³-hybridized carbons (Fsp3) is 0.533. The molecule has 1 atom stereocenters. The number of amides is 1. The van der Waals surface area contributed by atoms with Gasteiger partial charge in [0, 0.05) is 23.5 Å². The van der Waals surface area contributed by atoms with E-state index in [1.54, 1.807) is 24.3 Å². The van der Waals surface area contributed by atoms with Crippen LogP contribution >= 0.6 is 0 Å². The summed E-state index contributed by atoms with van der Waals surface area (Å²) in [6, 6.07) is 6.62. The molecule has 1 aromatic carbocycles. The van der Waals surface area contributed by atoms with Gasteiger partial charge in [0.25, 0.3) is 0 Å². The number of benzene rings is 1. The van der Waals surface area contributed by atoms with Crippen LogP contribution in [0.4, 0.5) is 10.5 Å². The Morgan fingerprint density at radius 2 is 1.87 bits per heavy atom. The molecule has 0 radical (unpaired) electrons. The molecule has 0 aromatic heterocycles. The van der Waals surface area contributed by atoms with Gasteiger partial charge in [0.05, 0.1) is 6.61 Å². The van der Waals surface area contributed by atoms with Crippen molar-refractivity contribution in [3.63, 3.8) is 0 Å². The molecule has 1 aromatic rings. The van der Waals surface area contributed by atoms with Gasteiger partial charge in [0.15, 0.2) is 0 Å². The Hall–Kier alpha value is -1.80. The maximum absolute atomic E-state index is 11.4. The number of nitrogens with one attached hydrogen (secondary N) is 2. The van der Waals surface area contributed by atoms with Crippen molar-refractivity contribution in [2.45, 2.75) is 39.2 Å². The first-order chi connectivity index (χ1) is 10.8. The first-order valence-electron chi connectivity index (χ1n) is 7.32. The predicted molar refractivity (Wildman–Crippen MR) is 88.0 cm³/mol. The third-order valence-corrected chi connectivity index (χ3v) is 2.97. The molecule has 1 amide bonds. The second-order valence-corrected chi connectivity index (χ2v) is 6.52. The summed E-state index contributed by atoms with van der Waals surface area (Å²) in [5.74, 6) is 0.660. The Labute approximate surface area is 139 Å². The Balaban J connectivity index is 2.13. The van der Waals surface area contributed by atoms with Crippen molar-refractivity contribution in [3.8, 4) is 5.75 Å². The van der Waals surface area contributed by atoms with E-state index in [1.165, 1.54) is 0 Å². The molecule has 8 heteroatoms. The third-order valence-electron chi connectivity index (χ3n) is 2.56. The molecular formula is C15H23N2O5S-. The molecule has 1 unspecified atom stereocenters. The summed E-state index contributed by atoms with van der Waals surface area (Å²) in [6.45, 7) is 6.48. The smallest absolute Gasteiger partial charge is 0.407 e. The summed E-state index contributed by atoms with van der Waals surface area (Å²) in [4.78, 5) is 11.4. The number of carbonyl (C=O) groups is 1. The largest absolute Gasteiger partial charge is 0.755 e. The lowest BCUT2D eigenvalue weighted by atomic mass is 10.2. The molecule has 1 rings (SSSR count). The number of hydrogen-bond acceptors (Lipinski definition) is 5. The zero-order valence-corrected chi connectivity index (χ0v) is 14.4. The van der Waals surface area contributed by atoms with Crippen molar-refractivity contribution >= 4 is 23.0 Å². The highest BCUT2D eigenvalue weighted by atomic mass is 32.2. The highest BCUT2D eigenvalue weighted by Crippen LogP contribution is 2.16. The van der Waals surface area contributed by atoms with Crippen molar-refractivity contribution in [2.75, 3.05) is 17.9 Å². The standard InChI is InChI=1S/C15H24N2O5S/c1-15(2,3)22-14(18)16-10-4-5-11-21-13-8-6-12(7-9-13)17-23(19)20/h6-9,17H,4-5,10-11H2,1-3H3,(H,16,18)(H,19,20)/p-1. The number of unbranched alkanes of at least 4 members (excludes halogenated alkanes) is 1. The normalized spacial score (nSPS) is 12.3. The molecule has 0 bridgehead atoms. The van der Waals surface area contributed by atoms with E-state index in [4.69, 9.17) is 9.47 Å². The van der Waals surface area contributed by atoms with Gasteiger partial charge >= 0.3 is 6.09 Å². The van der Waals surface area contributed by atoms with Gasteiger partial charge in [0.1, 0.15) is 11.4 Å². The van der Waals surface area contributed by atoms with Crippen LogP contribution in [-0.2, 0) is 16.0 Å². The van der Waals surface area contributed by atoms with Gasteiger partial charge in [-0.25, -0.2) is 4.79 Å². The summed E-state index contributed by atoms with van der Waals surface area (Å²) in [5.41, 5.74) is -0.0142. The fourth-order valence-corrected chi connectivity index (χ4v) is 1.97. The average molecular weight is 343 g/mol. The molecule has 0 saturated carbocycles. The van der Waals surface area contributed by atoms with Crippen molar-refractivity contribution < 1.29 is 23.0 Å². The number of hydrogen-bond donors (Lipinski definition) is 2. The summed E-state index contributed by atoms with van der Waals surface area (Å²) in [5, 5.41) is 2.68. The summed E-state index contributed by atoms with van der Waals surface area (Å²) in [7, 11) is 0. The lowest BCUT2D eigenvalue weighted by Crippen LogP contribution is -2.33. The van der Waals surface area contributed by atoms with Crippen molar-refractivity contribution in [2.24, 2.45) is 0 Å².